The van der Waals surface area contributed by atoms with Gasteiger partial charge in [0.15, 0.2) is 0 Å². The van der Waals surface area contributed by atoms with Crippen molar-refractivity contribution in [3.05, 3.63) is 76.5 Å². The molecule has 0 saturated heterocycles. The topological polar surface area (TPSA) is 56.0 Å². The molecule has 0 aliphatic carbocycles. The zero-order chi connectivity index (χ0) is 15.5. The summed E-state index contributed by atoms with van der Waals surface area (Å²) >= 11 is 1.68. The molecule has 5 heteroatoms. The lowest BCUT2D eigenvalue weighted by Gasteiger charge is -2.13. The molecule has 3 rings (SSSR count). The molecule has 1 heterocycles. The van der Waals surface area contributed by atoms with Crippen LogP contribution in [0, 0.1) is 10.1 Å². The Morgan fingerprint density at radius 2 is 1.95 bits per heavy atom. The molecule has 0 N–H and O–H groups in total. The molecule has 0 aliphatic rings. The minimum atomic E-state index is -0.358. The molecule has 1 aromatic heterocycles. The number of non-ortho nitro benzene ring substituents is 1. The number of nitro groups is 1. The largest absolute Gasteiger partial charge is 0.269 e. The Hall–Kier alpha value is -2.40. The molecule has 0 aliphatic heterocycles. The maximum absolute atomic E-state index is 10.9. The van der Waals surface area contributed by atoms with Gasteiger partial charge in [-0.15, -0.1) is 11.8 Å². The van der Waals surface area contributed by atoms with Gasteiger partial charge in [-0.3, -0.25) is 15.1 Å². The van der Waals surface area contributed by atoms with Crippen LogP contribution in [0.2, 0.25) is 0 Å². The number of aromatic nitrogens is 1. The summed E-state index contributed by atoms with van der Waals surface area (Å²) in [6, 6.07) is 16.8. The van der Waals surface area contributed by atoms with Crippen LogP contribution in [0.15, 0.2) is 65.7 Å². The molecule has 1 unspecified atom stereocenters. The Morgan fingerprint density at radius 1 is 1.14 bits per heavy atom. The van der Waals surface area contributed by atoms with E-state index in [1.165, 1.54) is 6.07 Å². The van der Waals surface area contributed by atoms with Gasteiger partial charge in [-0.2, -0.15) is 0 Å². The Morgan fingerprint density at radius 3 is 2.77 bits per heavy atom. The van der Waals surface area contributed by atoms with Crippen LogP contribution in [-0.4, -0.2) is 9.91 Å². The third-order valence-corrected chi connectivity index (χ3v) is 4.70. The maximum Gasteiger partial charge on any atom is 0.269 e. The molecule has 0 saturated carbocycles. The van der Waals surface area contributed by atoms with Crippen molar-refractivity contribution in [1.29, 1.82) is 0 Å². The van der Waals surface area contributed by atoms with Crippen LogP contribution in [0.5, 0.6) is 0 Å². The number of hydrogen-bond donors (Lipinski definition) is 0. The van der Waals surface area contributed by atoms with E-state index in [0.717, 1.165) is 21.4 Å². The van der Waals surface area contributed by atoms with Gasteiger partial charge in [0.1, 0.15) is 0 Å². The zero-order valence-corrected chi connectivity index (χ0v) is 12.8. The predicted molar refractivity (Wildman–Crippen MR) is 89.1 cm³/mol. The highest BCUT2D eigenvalue weighted by molar-refractivity contribution is 7.99. The summed E-state index contributed by atoms with van der Waals surface area (Å²) in [6.07, 6.45) is 1.80. The quantitative estimate of drug-likeness (QED) is 0.387. The molecule has 0 fully saturated rings. The van der Waals surface area contributed by atoms with Gasteiger partial charge in [0.2, 0.25) is 0 Å². The highest BCUT2D eigenvalue weighted by Crippen LogP contribution is 2.38. The number of para-hydroxylation sites is 1. The smallest absolute Gasteiger partial charge is 0.258 e. The molecule has 0 amide bonds. The fourth-order valence-electron chi connectivity index (χ4n) is 2.32. The second kappa shape index (κ2) is 6.15. The Kier molecular flexibility index (Phi) is 4.06. The molecule has 4 nitrogen and oxygen atoms in total. The highest BCUT2D eigenvalue weighted by atomic mass is 32.2. The van der Waals surface area contributed by atoms with Gasteiger partial charge >= 0.3 is 0 Å². The lowest BCUT2D eigenvalue weighted by atomic mass is 10.1. The maximum atomic E-state index is 10.9. The van der Waals surface area contributed by atoms with Gasteiger partial charge in [0.05, 0.1) is 10.4 Å². The van der Waals surface area contributed by atoms with Gasteiger partial charge in [-0.25, -0.2) is 0 Å². The van der Waals surface area contributed by atoms with Crippen LogP contribution in [-0.2, 0) is 0 Å². The van der Waals surface area contributed by atoms with Gasteiger partial charge < -0.3 is 0 Å². The fraction of sp³-hybridized carbons (Fsp3) is 0.118. The van der Waals surface area contributed by atoms with Crippen molar-refractivity contribution in [2.24, 2.45) is 0 Å². The summed E-state index contributed by atoms with van der Waals surface area (Å²) in [5.41, 5.74) is 2.03. The molecule has 1 atom stereocenters. The van der Waals surface area contributed by atoms with Crippen molar-refractivity contribution >= 4 is 28.4 Å². The number of benzene rings is 2. The second-order valence-corrected chi connectivity index (χ2v) is 6.32. The first-order valence-electron chi connectivity index (χ1n) is 6.90. The van der Waals surface area contributed by atoms with Crippen LogP contribution in [0.1, 0.15) is 17.7 Å². The van der Waals surface area contributed by atoms with E-state index in [-0.39, 0.29) is 15.9 Å². The predicted octanol–water partition coefficient (Wildman–Crippen LogP) is 5.00. The molecule has 0 bridgehead atoms. The van der Waals surface area contributed by atoms with Crippen molar-refractivity contribution in [2.75, 3.05) is 0 Å². The molecule has 110 valence electrons. The second-order valence-electron chi connectivity index (χ2n) is 4.94. The normalized spacial score (nSPS) is 12.2. The van der Waals surface area contributed by atoms with Crippen molar-refractivity contribution in [1.82, 2.24) is 4.98 Å². The van der Waals surface area contributed by atoms with Crippen LogP contribution < -0.4 is 0 Å². The first-order chi connectivity index (χ1) is 10.6. The Labute approximate surface area is 132 Å². The molecule has 3 aromatic rings. The lowest BCUT2D eigenvalue weighted by molar-refractivity contribution is -0.384. The molecule has 0 radical (unpaired) electrons. The molecule has 0 spiro atoms. The zero-order valence-electron chi connectivity index (χ0n) is 12.0. The monoisotopic (exact) mass is 310 g/mol. The number of pyridine rings is 1. The molecular formula is C17H14N2O2S. The van der Waals surface area contributed by atoms with Gasteiger partial charge in [-0.1, -0.05) is 30.3 Å². The average molecular weight is 310 g/mol. The molecule has 2 aromatic carbocycles. The minimum absolute atomic E-state index is 0.116. The van der Waals surface area contributed by atoms with E-state index in [9.17, 15) is 10.1 Å². The van der Waals surface area contributed by atoms with E-state index < -0.39 is 0 Å². The van der Waals surface area contributed by atoms with E-state index in [1.54, 1.807) is 30.1 Å². The van der Waals surface area contributed by atoms with Crippen molar-refractivity contribution in [2.45, 2.75) is 17.1 Å². The first-order valence-corrected chi connectivity index (χ1v) is 7.78. The van der Waals surface area contributed by atoms with E-state index in [1.807, 2.05) is 36.4 Å². The van der Waals surface area contributed by atoms with E-state index in [4.69, 9.17) is 0 Å². The van der Waals surface area contributed by atoms with Crippen LogP contribution in [0.3, 0.4) is 0 Å². The number of rotatable bonds is 4. The van der Waals surface area contributed by atoms with Gasteiger partial charge in [0, 0.05) is 33.9 Å². The number of fused-ring (bicyclic) bond motifs is 1. The van der Waals surface area contributed by atoms with E-state index >= 15 is 0 Å². The highest BCUT2D eigenvalue weighted by Gasteiger charge is 2.13. The summed E-state index contributed by atoms with van der Waals surface area (Å²) in [6.45, 7) is 2.05. The molecular weight excluding hydrogens is 296 g/mol. The number of hydrogen-bond acceptors (Lipinski definition) is 4. The standard InChI is InChI=1S/C17H14N2O2S/c1-12(13-5-4-6-14(11-13)19(20)21)22-17-9-10-18-16-8-3-2-7-15(16)17/h2-12H,1H3. The summed E-state index contributed by atoms with van der Waals surface area (Å²) < 4.78 is 0. The van der Waals surface area contributed by atoms with E-state index in [0.29, 0.717) is 0 Å². The summed E-state index contributed by atoms with van der Waals surface area (Å²) in [7, 11) is 0. The van der Waals surface area contributed by atoms with Gasteiger partial charge in [-0.05, 0) is 24.6 Å². The van der Waals surface area contributed by atoms with Crippen molar-refractivity contribution in [3.8, 4) is 0 Å². The van der Waals surface area contributed by atoms with Crippen LogP contribution in [0.4, 0.5) is 5.69 Å². The average Bonchev–Trinajstić information content (AvgIpc) is 2.55. The number of nitrogens with zero attached hydrogens (tertiary/aromatic N) is 2. The third kappa shape index (κ3) is 2.94. The Balaban J connectivity index is 1.91. The van der Waals surface area contributed by atoms with Crippen LogP contribution in [0.25, 0.3) is 10.9 Å². The SMILES string of the molecule is CC(Sc1ccnc2ccccc12)c1cccc([N+](=O)[O-])c1. The summed E-state index contributed by atoms with van der Waals surface area (Å²) in [5, 5.41) is 12.1. The Bertz CT molecular complexity index is 830. The summed E-state index contributed by atoms with van der Waals surface area (Å²) in [5.74, 6) is 0. The van der Waals surface area contributed by atoms with E-state index in [2.05, 4.69) is 11.9 Å². The van der Waals surface area contributed by atoms with Crippen molar-refractivity contribution < 1.29 is 4.92 Å². The third-order valence-electron chi connectivity index (χ3n) is 3.46. The molecule has 22 heavy (non-hydrogen) atoms. The fourth-order valence-corrected chi connectivity index (χ4v) is 3.42. The summed E-state index contributed by atoms with van der Waals surface area (Å²) in [4.78, 5) is 16.0. The number of thioether (sulfide) groups is 1. The van der Waals surface area contributed by atoms with Gasteiger partial charge in [0.25, 0.3) is 5.69 Å². The lowest BCUT2D eigenvalue weighted by Crippen LogP contribution is -1.93. The first kappa shape index (κ1) is 14.5. The number of nitro benzene ring substituents is 1. The minimum Gasteiger partial charge on any atom is -0.258 e. The van der Waals surface area contributed by atoms with Crippen LogP contribution >= 0.6 is 11.8 Å². The van der Waals surface area contributed by atoms with Crippen molar-refractivity contribution in [3.63, 3.8) is 0 Å².